The van der Waals surface area contributed by atoms with Gasteiger partial charge in [-0.2, -0.15) is 4.98 Å². The number of hydrogen-bond donors (Lipinski definition) is 3. The molecule has 0 unspecified atom stereocenters. The van der Waals surface area contributed by atoms with Gasteiger partial charge in [-0.25, -0.2) is 15.0 Å². The molecular formula is C26H23N9O. The fourth-order valence-electron chi connectivity index (χ4n) is 4.10. The topological polar surface area (TPSA) is 117 Å². The van der Waals surface area contributed by atoms with E-state index in [-0.39, 0.29) is 0 Å². The third-order valence-corrected chi connectivity index (χ3v) is 6.06. The molecule has 1 aliphatic rings. The molecule has 10 nitrogen and oxygen atoms in total. The number of hydrogen-bond acceptors (Lipinski definition) is 10. The van der Waals surface area contributed by atoms with Crippen molar-refractivity contribution in [2.75, 3.05) is 22.2 Å². The van der Waals surface area contributed by atoms with Crippen molar-refractivity contribution in [2.45, 2.75) is 13.8 Å². The second kappa shape index (κ2) is 8.99. The first-order valence-electron chi connectivity index (χ1n) is 11.5. The molecule has 0 saturated heterocycles. The summed E-state index contributed by atoms with van der Waals surface area (Å²) < 4.78 is 5.26. The number of benzene rings is 2. The Balaban J connectivity index is 1.24. The summed E-state index contributed by atoms with van der Waals surface area (Å²) in [5, 5.41) is 14.7. The number of fused-ring (bicyclic) bond motifs is 1. The van der Waals surface area contributed by atoms with Gasteiger partial charge in [-0.1, -0.05) is 23.4 Å². The average Bonchev–Trinajstić information content (AvgIpc) is 3.58. The first kappa shape index (κ1) is 21.5. The molecule has 0 bridgehead atoms. The Labute approximate surface area is 207 Å². The van der Waals surface area contributed by atoms with Gasteiger partial charge in [0.1, 0.15) is 17.5 Å². The van der Waals surface area contributed by atoms with Gasteiger partial charge in [0.05, 0.1) is 18.1 Å². The molecule has 6 rings (SSSR count). The van der Waals surface area contributed by atoms with Crippen LogP contribution in [-0.2, 0) is 0 Å². The van der Waals surface area contributed by atoms with Gasteiger partial charge in [-0.05, 0) is 49.7 Å². The summed E-state index contributed by atoms with van der Waals surface area (Å²) in [7, 11) is 0. The molecule has 0 spiro atoms. The van der Waals surface area contributed by atoms with E-state index in [1.54, 1.807) is 6.20 Å². The number of nitrogens with zero attached hydrogens (tertiary/aromatic N) is 6. The van der Waals surface area contributed by atoms with Crippen LogP contribution in [0.3, 0.4) is 0 Å². The number of anilines is 5. The molecule has 1 aliphatic heterocycles. The second-order valence-corrected chi connectivity index (χ2v) is 8.36. The summed E-state index contributed by atoms with van der Waals surface area (Å²) in [4.78, 5) is 19.8. The number of nitrogens with one attached hydrogen (secondary N) is 3. The van der Waals surface area contributed by atoms with Gasteiger partial charge in [0.15, 0.2) is 0 Å². The third kappa shape index (κ3) is 4.05. The van der Waals surface area contributed by atoms with Gasteiger partial charge in [0.2, 0.25) is 5.95 Å². The lowest BCUT2D eigenvalue weighted by atomic mass is 10.1. The van der Waals surface area contributed by atoms with E-state index in [0.717, 1.165) is 51.6 Å². The molecule has 3 aromatic heterocycles. The molecule has 0 radical (unpaired) electrons. The van der Waals surface area contributed by atoms with E-state index in [0.29, 0.717) is 17.5 Å². The summed E-state index contributed by atoms with van der Waals surface area (Å²) in [5.74, 6) is 1.16. The summed E-state index contributed by atoms with van der Waals surface area (Å²) in [6.07, 6.45) is 7.17. The third-order valence-electron chi connectivity index (χ3n) is 6.06. The van der Waals surface area contributed by atoms with Crippen LogP contribution in [-0.4, -0.2) is 31.8 Å². The molecule has 2 aromatic carbocycles. The van der Waals surface area contributed by atoms with E-state index in [4.69, 9.17) is 9.51 Å². The zero-order valence-corrected chi connectivity index (χ0v) is 19.7. The fraction of sp³-hybridized carbons (Fsp3) is 0.115. The van der Waals surface area contributed by atoms with Crippen molar-refractivity contribution >= 4 is 39.9 Å². The Morgan fingerprint density at radius 2 is 1.78 bits per heavy atom. The Kier molecular flexibility index (Phi) is 5.38. The van der Waals surface area contributed by atoms with Crippen molar-refractivity contribution in [3.63, 3.8) is 0 Å². The number of aromatic nitrogens is 5. The fourth-order valence-corrected chi connectivity index (χ4v) is 4.10. The lowest BCUT2D eigenvalue weighted by Crippen LogP contribution is -2.19. The summed E-state index contributed by atoms with van der Waals surface area (Å²) in [6, 6.07) is 16.2. The van der Waals surface area contributed by atoms with E-state index in [1.807, 2.05) is 50.5 Å². The molecule has 10 heteroatoms. The number of aryl methyl sites for hydroxylation is 1. The first-order chi connectivity index (χ1) is 17.7. The molecule has 0 fully saturated rings. The Morgan fingerprint density at radius 3 is 2.58 bits per heavy atom. The molecule has 0 aliphatic carbocycles. The zero-order chi connectivity index (χ0) is 24.5. The van der Waals surface area contributed by atoms with Crippen LogP contribution < -0.4 is 20.9 Å². The highest BCUT2D eigenvalue weighted by atomic mass is 16.5. The normalized spacial score (nSPS) is 12.7. The van der Waals surface area contributed by atoms with Crippen LogP contribution in [0, 0.1) is 13.8 Å². The van der Waals surface area contributed by atoms with Crippen molar-refractivity contribution in [1.29, 1.82) is 0 Å². The van der Waals surface area contributed by atoms with Gasteiger partial charge in [-0.3, -0.25) is 0 Å². The Hall–Kier alpha value is -4.99. The standard InChI is InChI=1S/C26H23N9O/c1-16-20(31-24-23-17(2)34-36-25(23)30-14-29-24)4-3-5-21(16)32-26-28-11-10-22(33-26)18-6-8-19(9-7-18)35-13-12-27-15-35/h3-14,27H,15H2,1-2H3,(H,28,32,33)(H,29,30,31). The second-order valence-electron chi connectivity index (χ2n) is 8.36. The lowest BCUT2D eigenvalue weighted by Gasteiger charge is -2.15. The molecule has 36 heavy (non-hydrogen) atoms. The molecule has 5 aromatic rings. The van der Waals surface area contributed by atoms with E-state index >= 15 is 0 Å². The van der Waals surface area contributed by atoms with Crippen LogP contribution in [0.25, 0.3) is 22.4 Å². The predicted octanol–water partition coefficient (Wildman–Crippen LogP) is 5.02. The van der Waals surface area contributed by atoms with Gasteiger partial charge in [0, 0.05) is 41.2 Å². The van der Waals surface area contributed by atoms with Gasteiger partial charge < -0.3 is 25.4 Å². The van der Waals surface area contributed by atoms with Crippen LogP contribution in [0.2, 0.25) is 0 Å². The minimum absolute atomic E-state index is 0.448. The maximum atomic E-state index is 5.26. The minimum atomic E-state index is 0.448. The molecule has 4 heterocycles. The van der Waals surface area contributed by atoms with E-state index in [1.165, 1.54) is 6.33 Å². The highest BCUT2D eigenvalue weighted by Crippen LogP contribution is 2.31. The minimum Gasteiger partial charge on any atom is -0.372 e. The summed E-state index contributed by atoms with van der Waals surface area (Å²) in [5.41, 5.74) is 6.91. The summed E-state index contributed by atoms with van der Waals surface area (Å²) >= 11 is 0. The van der Waals surface area contributed by atoms with Crippen LogP contribution in [0.5, 0.6) is 0 Å². The van der Waals surface area contributed by atoms with Crippen LogP contribution in [0.15, 0.2) is 78.0 Å². The lowest BCUT2D eigenvalue weighted by molar-refractivity contribution is 0.442. The van der Waals surface area contributed by atoms with Gasteiger partial charge in [-0.15, -0.1) is 0 Å². The van der Waals surface area contributed by atoms with Crippen LogP contribution in [0.1, 0.15) is 11.3 Å². The summed E-state index contributed by atoms with van der Waals surface area (Å²) in [6.45, 7) is 4.66. The maximum Gasteiger partial charge on any atom is 0.263 e. The van der Waals surface area contributed by atoms with Crippen molar-refractivity contribution in [1.82, 2.24) is 30.4 Å². The van der Waals surface area contributed by atoms with Crippen LogP contribution >= 0.6 is 0 Å². The molecule has 0 saturated carbocycles. The van der Waals surface area contributed by atoms with E-state index in [2.05, 4.69) is 65.2 Å². The van der Waals surface area contributed by atoms with E-state index in [9.17, 15) is 0 Å². The quantitative estimate of drug-likeness (QED) is 0.308. The van der Waals surface area contributed by atoms with Crippen molar-refractivity contribution in [3.8, 4) is 11.3 Å². The SMILES string of the molecule is Cc1c(Nc2nccc(-c3ccc(N4C=CNC4)cc3)n2)cccc1Nc1ncnc2onc(C)c12. The molecule has 178 valence electrons. The first-order valence-corrected chi connectivity index (χ1v) is 11.5. The monoisotopic (exact) mass is 477 g/mol. The van der Waals surface area contributed by atoms with Gasteiger partial charge in [0.25, 0.3) is 5.71 Å². The van der Waals surface area contributed by atoms with Crippen molar-refractivity contribution in [3.05, 3.63) is 84.7 Å². The zero-order valence-electron chi connectivity index (χ0n) is 19.7. The predicted molar refractivity (Wildman–Crippen MR) is 139 cm³/mol. The smallest absolute Gasteiger partial charge is 0.263 e. The Bertz CT molecular complexity index is 1580. The molecular weight excluding hydrogens is 454 g/mol. The Morgan fingerprint density at radius 1 is 0.944 bits per heavy atom. The highest BCUT2D eigenvalue weighted by molar-refractivity contribution is 5.90. The van der Waals surface area contributed by atoms with Gasteiger partial charge >= 0.3 is 0 Å². The molecule has 3 N–H and O–H groups in total. The molecule has 0 amide bonds. The van der Waals surface area contributed by atoms with Crippen LogP contribution in [0.4, 0.5) is 28.8 Å². The average molecular weight is 478 g/mol. The highest BCUT2D eigenvalue weighted by Gasteiger charge is 2.14. The van der Waals surface area contributed by atoms with Crippen molar-refractivity contribution in [2.24, 2.45) is 0 Å². The van der Waals surface area contributed by atoms with E-state index < -0.39 is 0 Å². The maximum absolute atomic E-state index is 5.26. The van der Waals surface area contributed by atoms with Crippen molar-refractivity contribution < 1.29 is 4.52 Å². The largest absolute Gasteiger partial charge is 0.372 e. The number of rotatable bonds is 6. The molecule has 0 atom stereocenters.